The number of carbonyl (C=O) groups is 1. The van der Waals surface area contributed by atoms with Crippen LogP contribution in [-0.4, -0.2) is 27.7 Å². The third-order valence-corrected chi connectivity index (χ3v) is 4.01. The van der Waals surface area contributed by atoms with E-state index in [4.69, 9.17) is 4.74 Å². The number of para-hydroxylation sites is 1. The van der Waals surface area contributed by atoms with Crippen molar-refractivity contribution in [1.29, 1.82) is 0 Å². The Morgan fingerprint density at radius 3 is 2.29 bits per heavy atom. The summed E-state index contributed by atoms with van der Waals surface area (Å²) in [6.45, 7) is 1.80. The maximum Gasteiger partial charge on any atom is 0.251 e. The zero-order chi connectivity index (χ0) is 17.7. The van der Waals surface area contributed by atoms with Gasteiger partial charge in [0.1, 0.15) is 5.75 Å². The third-order valence-electron chi connectivity index (χ3n) is 3.42. The molecule has 0 radical (unpaired) electrons. The van der Waals surface area contributed by atoms with Crippen molar-refractivity contribution in [2.45, 2.75) is 13.0 Å². The predicted molar refractivity (Wildman–Crippen MR) is 93.8 cm³/mol. The van der Waals surface area contributed by atoms with Crippen LogP contribution in [0.3, 0.4) is 0 Å². The van der Waals surface area contributed by atoms with Gasteiger partial charge in [-0.3, -0.25) is 9.52 Å². The third kappa shape index (κ3) is 4.73. The van der Waals surface area contributed by atoms with Gasteiger partial charge in [0, 0.05) is 5.56 Å². The molecule has 0 aliphatic rings. The highest BCUT2D eigenvalue weighted by Crippen LogP contribution is 2.23. The number of benzene rings is 2. The highest BCUT2D eigenvalue weighted by atomic mass is 32.2. The van der Waals surface area contributed by atoms with Crippen molar-refractivity contribution in [2.75, 3.05) is 18.1 Å². The molecule has 0 aliphatic heterocycles. The van der Waals surface area contributed by atoms with Crippen LogP contribution in [-0.2, 0) is 10.0 Å². The molecule has 0 spiro atoms. The molecule has 6 nitrogen and oxygen atoms in total. The van der Waals surface area contributed by atoms with Gasteiger partial charge < -0.3 is 10.1 Å². The minimum Gasteiger partial charge on any atom is -0.497 e. The normalized spacial score (nSPS) is 12.3. The number of hydrogen-bond acceptors (Lipinski definition) is 4. The van der Waals surface area contributed by atoms with Crippen LogP contribution < -0.4 is 14.8 Å². The van der Waals surface area contributed by atoms with E-state index >= 15 is 0 Å². The molecule has 2 rings (SSSR count). The summed E-state index contributed by atoms with van der Waals surface area (Å²) in [5.74, 6) is 0.418. The second kappa shape index (κ2) is 7.35. The molecule has 0 aliphatic carbocycles. The molecule has 24 heavy (non-hydrogen) atoms. The topological polar surface area (TPSA) is 84.5 Å². The minimum absolute atomic E-state index is 0.251. The lowest BCUT2D eigenvalue weighted by molar-refractivity contribution is 0.0940. The van der Waals surface area contributed by atoms with Crippen LogP contribution in [0, 0.1) is 0 Å². The summed E-state index contributed by atoms with van der Waals surface area (Å²) in [6.07, 6.45) is 1.09. The minimum atomic E-state index is -3.40. The zero-order valence-electron chi connectivity index (χ0n) is 13.7. The number of anilines is 1. The van der Waals surface area contributed by atoms with Gasteiger partial charge in [0.15, 0.2) is 0 Å². The average molecular weight is 348 g/mol. The first kappa shape index (κ1) is 17.8. The molecule has 128 valence electrons. The van der Waals surface area contributed by atoms with Crippen LogP contribution in [0.15, 0.2) is 48.5 Å². The summed E-state index contributed by atoms with van der Waals surface area (Å²) in [5, 5.41) is 2.86. The fourth-order valence-corrected chi connectivity index (χ4v) is 2.85. The van der Waals surface area contributed by atoms with Gasteiger partial charge in [-0.2, -0.15) is 0 Å². The van der Waals surface area contributed by atoms with Gasteiger partial charge in [-0.1, -0.05) is 18.2 Å². The van der Waals surface area contributed by atoms with Gasteiger partial charge in [-0.25, -0.2) is 8.42 Å². The Balaban J connectivity index is 2.17. The smallest absolute Gasteiger partial charge is 0.251 e. The largest absolute Gasteiger partial charge is 0.497 e. The Kier molecular flexibility index (Phi) is 5.46. The average Bonchev–Trinajstić information content (AvgIpc) is 2.53. The van der Waals surface area contributed by atoms with Crippen LogP contribution >= 0.6 is 0 Å². The van der Waals surface area contributed by atoms with Gasteiger partial charge in [0.2, 0.25) is 10.0 Å². The van der Waals surface area contributed by atoms with E-state index in [1.54, 1.807) is 62.6 Å². The van der Waals surface area contributed by atoms with Crippen molar-refractivity contribution < 1.29 is 17.9 Å². The van der Waals surface area contributed by atoms with E-state index in [9.17, 15) is 13.2 Å². The van der Waals surface area contributed by atoms with Gasteiger partial charge in [0.05, 0.1) is 25.1 Å². The Bertz CT molecular complexity index is 817. The second-order valence-corrected chi connectivity index (χ2v) is 7.13. The van der Waals surface area contributed by atoms with Gasteiger partial charge in [-0.15, -0.1) is 0 Å². The van der Waals surface area contributed by atoms with Crippen molar-refractivity contribution >= 4 is 21.6 Å². The quantitative estimate of drug-likeness (QED) is 0.840. The number of rotatable bonds is 6. The van der Waals surface area contributed by atoms with E-state index in [-0.39, 0.29) is 11.9 Å². The number of sulfonamides is 1. The highest BCUT2D eigenvalue weighted by Gasteiger charge is 2.16. The molecule has 0 fully saturated rings. The molecule has 0 bridgehead atoms. The van der Waals surface area contributed by atoms with E-state index in [0.717, 1.165) is 6.26 Å². The monoisotopic (exact) mass is 348 g/mol. The number of hydrogen-bond donors (Lipinski definition) is 2. The summed E-state index contributed by atoms with van der Waals surface area (Å²) in [6, 6.07) is 13.3. The molecule has 2 aromatic rings. The highest BCUT2D eigenvalue weighted by molar-refractivity contribution is 7.92. The van der Waals surface area contributed by atoms with E-state index in [1.807, 2.05) is 0 Å². The molecule has 0 unspecified atom stereocenters. The van der Waals surface area contributed by atoms with Crippen LogP contribution in [0.5, 0.6) is 5.75 Å². The van der Waals surface area contributed by atoms with Gasteiger partial charge in [-0.05, 0) is 42.8 Å². The molecule has 0 aromatic heterocycles. The molecule has 2 N–H and O–H groups in total. The lowest BCUT2D eigenvalue weighted by Gasteiger charge is -2.18. The predicted octanol–water partition coefficient (Wildman–Crippen LogP) is 2.56. The van der Waals surface area contributed by atoms with Gasteiger partial charge >= 0.3 is 0 Å². The van der Waals surface area contributed by atoms with E-state index in [1.165, 1.54) is 0 Å². The zero-order valence-corrected chi connectivity index (χ0v) is 14.6. The molecule has 0 saturated heterocycles. The fourth-order valence-electron chi connectivity index (χ4n) is 2.27. The number of methoxy groups -OCH3 is 1. The maximum atomic E-state index is 12.3. The van der Waals surface area contributed by atoms with Gasteiger partial charge in [0.25, 0.3) is 5.91 Å². The molecule has 1 atom stereocenters. The van der Waals surface area contributed by atoms with Crippen LogP contribution in [0.1, 0.15) is 28.9 Å². The first-order valence-corrected chi connectivity index (χ1v) is 9.21. The summed E-state index contributed by atoms with van der Waals surface area (Å²) < 4.78 is 30.5. The number of ether oxygens (including phenoxy) is 1. The lowest BCUT2D eigenvalue weighted by atomic mass is 10.1. The number of nitrogens with one attached hydrogen (secondary N) is 2. The summed E-state index contributed by atoms with van der Waals surface area (Å²) >= 11 is 0. The summed E-state index contributed by atoms with van der Waals surface area (Å²) in [5.41, 5.74) is 1.63. The molecule has 1 amide bonds. The van der Waals surface area contributed by atoms with Crippen LogP contribution in [0.4, 0.5) is 5.69 Å². The molecular weight excluding hydrogens is 328 g/mol. The van der Waals surface area contributed by atoms with Crippen LogP contribution in [0.25, 0.3) is 0 Å². The first-order valence-electron chi connectivity index (χ1n) is 7.32. The standard InChI is InChI=1S/C17H20N2O4S/c1-12(15-6-4-5-7-16(15)19-24(3,21)22)18-17(20)13-8-10-14(23-2)11-9-13/h4-12,19H,1-3H3,(H,18,20)/t12-/m1/s1. The van der Waals surface area contributed by atoms with E-state index in [0.29, 0.717) is 22.6 Å². The van der Waals surface area contributed by atoms with Crippen molar-refractivity contribution in [3.63, 3.8) is 0 Å². The van der Waals surface area contributed by atoms with Crippen molar-refractivity contribution in [1.82, 2.24) is 5.32 Å². The molecule has 2 aromatic carbocycles. The molecule has 0 heterocycles. The Morgan fingerprint density at radius 1 is 1.08 bits per heavy atom. The number of amides is 1. The Hall–Kier alpha value is -2.54. The Morgan fingerprint density at radius 2 is 1.71 bits per heavy atom. The SMILES string of the molecule is COc1ccc(C(=O)N[C@H](C)c2ccccc2NS(C)(=O)=O)cc1. The lowest BCUT2D eigenvalue weighted by Crippen LogP contribution is -2.27. The van der Waals surface area contributed by atoms with E-state index < -0.39 is 10.0 Å². The fraction of sp³-hybridized carbons (Fsp3) is 0.235. The second-order valence-electron chi connectivity index (χ2n) is 5.39. The summed E-state index contributed by atoms with van der Waals surface area (Å²) in [4.78, 5) is 12.3. The molecule has 7 heteroatoms. The number of carbonyl (C=O) groups excluding carboxylic acids is 1. The molecule has 0 saturated carbocycles. The summed E-state index contributed by atoms with van der Waals surface area (Å²) in [7, 11) is -1.84. The molecular formula is C17H20N2O4S. The Labute approximate surface area is 141 Å². The maximum absolute atomic E-state index is 12.3. The van der Waals surface area contributed by atoms with Crippen molar-refractivity contribution in [2.24, 2.45) is 0 Å². The van der Waals surface area contributed by atoms with E-state index in [2.05, 4.69) is 10.0 Å². The van der Waals surface area contributed by atoms with Crippen molar-refractivity contribution in [3.05, 3.63) is 59.7 Å². The van der Waals surface area contributed by atoms with Crippen molar-refractivity contribution in [3.8, 4) is 5.75 Å². The van der Waals surface area contributed by atoms with Crippen LogP contribution in [0.2, 0.25) is 0 Å². The first-order chi connectivity index (χ1) is 11.3.